The number of aryl methyl sites for hydroxylation is 1. The molecule has 0 fully saturated rings. The second-order valence-electron chi connectivity index (χ2n) is 5.46. The number of fused-ring (bicyclic) bond motifs is 1. The number of H-pyrrole nitrogens is 1. The molecule has 0 bridgehead atoms. The molecule has 0 saturated heterocycles. The number of amides is 1. The van der Waals surface area contributed by atoms with E-state index in [9.17, 15) is 4.79 Å². The zero-order valence-corrected chi connectivity index (χ0v) is 12.2. The second-order valence-corrected chi connectivity index (χ2v) is 5.46. The maximum atomic E-state index is 12.2. The van der Waals surface area contributed by atoms with Crippen molar-refractivity contribution in [2.75, 3.05) is 7.05 Å². The number of hydrogen-bond acceptors (Lipinski definition) is 4. The zero-order chi connectivity index (χ0) is 14.7. The lowest BCUT2D eigenvalue weighted by Crippen LogP contribution is -2.28. The van der Waals surface area contributed by atoms with Gasteiger partial charge in [-0.05, 0) is 31.2 Å². The van der Waals surface area contributed by atoms with Gasteiger partial charge in [0.25, 0.3) is 0 Å². The van der Waals surface area contributed by atoms with Gasteiger partial charge in [-0.2, -0.15) is 5.10 Å². The van der Waals surface area contributed by atoms with Crippen molar-refractivity contribution >= 4 is 5.91 Å². The minimum absolute atomic E-state index is 0.0306. The van der Waals surface area contributed by atoms with Crippen molar-refractivity contribution in [2.24, 2.45) is 0 Å². The fourth-order valence-corrected chi connectivity index (χ4v) is 2.70. The number of nitrogens with zero attached hydrogens (tertiary/aromatic N) is 4. The molecule has 1 aliphatic rings. The molecule has 6 nitrogen and oxygen atoms in total. The monoisotopic (exact) mass is 285 g/mol. The van der Waals surface area contributed by atoms with Gasteiger partial charge in [0.1, 0.15) is 0 Å². The Morgan fingerprint density at radius 2 is 2.19 bits per heavy atom. The number of carbonyl (C=O) groups excluding carboxylic acids is 1. The molecule has 110 valence electrons. The van der Waals surface area contributed by atoms with Crippen molar-refractivity contribution in [3.05, 3.63) is 41.2 Å². The van der Waals surface area contributed by atoms with E-state index < -0.39 is 0 Å². The van der Waals surface area contributed by atoms with Crippen LogP contribution in [-0.2, 0) is 30.6 Å². The highest BCUT2D eigenvalue weighted by atomic mass is 16.2. The Bertz CT molecular complexity index is 622. The van der Waals surface area contributed by atoms with Crippen LogP contribution in [0.1, 0.15) is 35.5 Å². The third-order valence-corrected chi connectivity index (χ3v) is 3.90. The van der Waals surface area contributed by atoms with Gasteiger partial charge in [0.05, 0.1) is 24.4 Å². The number of aromatic nitrogens is 4. The summed E-state index contributed by atoms with van der Waals surface area (Å²) in [7, 11) is 1.81. The predicted octanol–water partition coefficient (Wildman–Crippen LogP) is 1.28. The number of aromatic amines is 1. The molecule has 2 aromatic heterocycles. The largest absolute Gasteiger partial charge is 0.339 e. The van der Waals surface area contributed by atoms with E-state index in [1.165, 1.54) is 24.1 Å². The molecule has 1 aliphatic carbocycles. The quantitative estimate of drug-likeness (QED) is 0.918. The Morgan fingerprint density at radius 1 is 1.33 bits per heavy atom. The predicted molar refractivity (Wildman–Crippen MR) is 77.4 cm³/mol. The van der Waals surface area contributed by atoms with Crippen molar-refractivity contribution in [2.45, 2.75) is 38.6 Å². The van der Waals surface area contributed by atoms with Gasteiger partial charge in [0.2, 0.25) is 5.91 Å². The smallest absolute Gasteiger partial charge is 0.228 e. The maximum absolute atomic E-state index is 12.2. The first kappa shape index (κ1) is 13.7. The van der Waals surface area contributed by atoms with Gasteiger partial charge in [0, 0.05) is 31.3 Å². The Hall–Kier alpha value is -2.24. The summed E-state index contributed by atoms with van der Waals surface area (Å²) in [6, 6.07) is 0. The standard InChI is InChI=1S/C15H19N5O/c1-20(15(21)8-11-9-16-6-7-17-11)10-14-12-4-2-3-5-13(12)18-19-14/h6-7,9H,2-5,8,10H2,1H3,(H,18,19). The van der Waals surface area contributed by atoms with E-state index in [-0.39, 0.29) is 12.3 Å². The first-order valence-corrected chi connectivity index (χ1v) is 7.28. The van der Waals surface area contributed by atoms with E-state index in [1.807, 2.05) is 7.05 Å². The molecular formula is C15H19N5O. The molecule has 0 aliphatic heterocycles. The fraction of sp³-hybridized carbons (Fsp3) is 0.467. The molecule has 3 rings (SSSR count). The van der Waals surface area contributed by atoms with Gasteiger partial charge >= 0.3 is 0 Å². The molecule has 0 radical (unpaired) electrons. The van der Waals surface area contributed by atoms with Crippen LogP contribution in [0, 0.1) is 0 Å². The van der Waals surface area contributed by atoms with Gasteiger partial charge in [-0.15, -0.1) is 0 Å². The highest BCUT2D eigenvalue weighted by Crippen LogP contribution is 2.22. The van der Waals surface area contributed by atoms with Crippen molar-refractivity contribution in [3.63, 3.8) is 0 Å². The molecule has 0 unspecified atom stereocenters. The lowest BCUT2D eigenvalue weighted by Gasteiger charge is -2.17. The number of nitrogens with one attached hydrogen (secondary N) is 1. The second kappa shape index (κ2) is 6.03. The Balaban J connectivity index is 1.64. The van der Waals surface area contributed by atoms with Crippen molar-refractivity contribution in [1.82, 2.24) is 25.1 Å². The lowest BCUT2D eigenvalue weighted by molar-refractivity contribution is -0.129. The summed E-state index contributed by atoms with van der Waals surface area (Å²) in [4.78, 5) is 22.1. The Kier molecular flexibility index (Phi) is 3.94. The number of rotatable bonds is 4. The summed E-state index contributed by atoms with van der Waals surface area (Å²) in [6.07, 6.45) is 9.67. The Morgan fingerprint density at radius 3 is 3.00 bits per heavy atom. The SMILES string of the molecule is CN(Cc1n[nH]c2c1CCCC2)C(=O)Cc1cnccn1. The minimum Gasteiger partial charge on any atom is -0.339 e. The normalized spacial score (nSPS) is 13.8. The van der Waals surface area contributed by atoms with Crippen LogP contribution in [0.4, 0.5) is 0 Å². The Labute approximate surface area is 123 Å². The molecule has 1 N–H and O–H groups in total. The topological polar surface area (TPSA) is 74.8 Å². The highest BCUT2D eigenvalue weighted by molar-refractivity contribution is 5.77. The summed E-state index contributed by atoms with van der Waals surface area (Å²) < 4.78 is 0. The summed E-state index contributed by atoms with van der Waals surface area (Å²) in [5, 5.41) is 7.49. The maximum Gasteiger partial charge on any atom is 0.228 e. The average molecular weight is 285 g/mol. The van der Waals surface area contributed by atoms with Gasteiger partial charge in [0.15, 0.2) is 0 Å². The van der Waals surface area contributed by atoms with E-state index in [4.69, 9.17) is 0 Å². The molecule has 2 heterocycles. The molecule has 0 spiro atoms. The molecule has 21 heavy (non-hydrogen) atoms. The summed E-state index contributed by atoms with van der Waals surface area (Å²) in [5.74, 6) is 0.0306. The first-order chi connectivity index (χ1) is 10.2. The molecular weight excluding hydrogens is 266 g/mol. The summed E-state index contributed by atoms with van der Waals surface area (Å²) in [6.45, 7) is 0.547. The average Bonchev–Trinajstić information content (AvgIpc) is 2.91. The number of likely N-dealkylation sites (N-methyl/N-ethyl adjacent to an activating group) is 1. The van der Waals surface area contributed by atoms with Gasteiger partial charge in [-0.3, -0.25) is 19.9 Å². The van der Waals surface area contributed by atoms with Crippen molar-refractivity contribution in [3.8, 4) is 0 Å². The van der Waals surface area contributed by atoms with E-state index in [2.05, 4.69) is 20.2 Å². The molecule has 0 saturated carbocycles. The molecule has 6 heteroatoms. The van der Waals surface area contributed by atoms with Gasteiger partial charge in [-0.1, -0.05) is 0 Å². The van der Waals surface area contributed by atoms with E-state index in [1.54, 1.807) is 23.5 Å². The molecule has 0 aromatic carbocycles. The number of hydrogen-bond donors (Lipinski definition) is 1. The van der Waals surface area contributed by atoms with Crippen LogP contribution in [0.3, 0.4) is 0 Å². The van der Waals surface area contributed by atoms with Crippen LogP contribution >= 0.6 is 0 Å². The molecule has 2 aromatic rings. The van der Waals surface area contributed by atoms with E-state index >= 15 is 0 Å². The summed E-state index contributed by atoms with van der Waals surface area (Å²) >= 11 is 0. The number of carbonyl (C=O) groups is 1. The highest BCUT2D eigenvalue weighted by Gasteiger charge is 2.19. The van der Waals surface area contributed by atoms with Crippen molar-refractivity contribution < 1.29 is 4.79 Å². The van der Waals surface area contributed by atoms with Gasteiger partial charge in [-0.25, -0.2) is 0 Å². The van der Waals surface area contributed by atoms with Crippen LogP contribution in [0.5, 0.6) is 0 Å². The lowest BCUT2D eigenvalue weighted by atomic mass is 9.96. The summed E-state index contributed by atoms with van der Waals surface area (Å²) in [5.41, 5.74) is 4.24. The molecule has 0 atom stereocenters. The van der Waals surface area contributed by atoms with Crippen LogP contribution in [0.2, 0.25) is 0 Å². The first-order valence-electron chi connectivity index (χ1n) is 7.28. The van der Waals surface area contributed by atoms with Crippen LogP contribution < -0.4 is 0 Å². The van der Waals surface area contributed by atoms with E-state index in [0.717, 1.165) is 18.5 Å². The third kappa shape index (κ3) is 3.09. The van der Waals surface area contributed by atoms with Gasteiger partial charge < -0.3 is 4.90 Å². The van der Waals surface area contributed by atoms with Crippen LogP contribution in [0.25, 0.3) is 0 Å². The third-order valence-electron chi connectivity index (χ3n) is 3.90. The minimum atomic E-state index is 0.0306. The van der Waals surface area contributed by atoms with Crippen molar-refractivity contribution in [1.29, 1.82) is 0 Å². The fourth-order valence-electron chi connectivity index (χ4n) is 2.70. The zero-order valence-electron chi connectivity index (χ0n) is 12.2. The van der Waals surface area contributed by atoms with E-state index in [0.29, 0.717) is 12.2 Å². The van der Waals surface area contributed by atoms with Crippen LogP contribution in [-0.4, -0.2) is 38.0 Å². The molecule has 1 amide bonds. The van der Waals surface area contributed by atoms with Crippen LogP contribution in [0.15, 0.2) is 18.6 Å².